The first-order valence-corrected chi connectivity index (χ1v) is 11.5. The SMILES string of the molecule is COc1cc([C@H]2C(C(=O)OCc3ccccc3)=C(C)Nc3c2c(=O)n(C)c(=O)n3C)cc(OC)c1OC. The number of carbonyl (C=O) groups is 1. The Morgan fingerprint density at radius 2 is 1.57 bits per heavy atom. The normalized spacial score (nSPS) is 14.5. The number of allylic oxidation sites excluding steroid dienone is 1. The van der Waals surface area contributed by atoms with E-state index in [9.17, 15) is 14.4 Å². The maximum Gasteiger partial charge on any atom is 0.337 e. The van der Waals surface area contributed by atoms with Crippen molar-refractivity contribution in [2.45, 2.75) is 19.4 Å². The van der Waals surface area contributed by atoms with Crippen LogP contribution in [0.4, 0.5) is 5.82 Å². The van der Waals surface area contributed by atoms with E-state index in [0.29, 0.717) is 34.3 Å². The van der Waals surface area contributed by atoms with Gasteiger partial charge in [0.05, 0.1) is 38.4 Å². The second-order valence-corrected chi connectivity index (χ2v) is 8.59. The Morgan fingerprint density at radius 3 is 2.14 bits per heavy atom. The van der Waals surface area contributed by atoms with Crippen molar-refractivity contribution >= 4 is 11.8 Å². The fraction of sp³-hybridized carbons (Fsp3) is 0.296. The minimum absolute atomic E-state index is 0.0522. The van der Waals surface area contributed by atoms with E-state index >= 15 is 0 Å². The smallest absolute Gasteiger partial charge is 0.337 e. The number of benzene rings is 2. The van der Waals surface area contributed by atoms with Crippen molar-refractivity contribution in [2.75, 3.05) is 26.6 Å². The van der Waals surface area contributed by atoms with E-state index in [0.717, 1.165) is 10.1 Å². The van der Waals surface area contributed by atoms with Gasteiger partial charge in [-0.05, 0) is 30.2 Å². The van der Waals surface area contributed by atoms with Gasteiger partial charge in [0, 0.05) is 19.8 Å². The molecule has 0 unspecified atom stereocenters. The molecule has 0 saturated heterocycles. The molecule has 0 aliphatic carbocycles. The molecule has 1 N–H and O–H groups in total. The molecular formula is C27H29N3O7. The van der Waals surface area contributed by atoms with Crippen LogP contribution in [0.25, 0.3) is 0 Å². The van der Waals surface area contributed by atoms with Crippen molar-refractivity contribution in [3.8, 4) is 17.2 Å². The van der Waals surface area contributed by atoms with Crippen LogP contribution >= 0.6 is 0 Å². The van der Waals surface area contributed by atoms with Gasteiger partial charge in [-0.1, -0.05) is 30.3 Å². The summed E-state index contributed by atoms with van der Waals surface area (Å²) in [5.74, 6) is -0.122. The molecule has 37 heavy (non-hydrogen) atoms. The monoisotopic (exact) mass is 507 g/mol. The number of carbonyl (C=O) groups excluding carboxylic acids is 1. The molecule has 1 aliphatic heterocycles. The molecule has 3 aromatic rings. The van der Waals surface area contributed by atoms with Crippen LogP contribution in [0.3, 0.4) is 0 Å². The van der Waals surface area contributed by atoms with E-state index in [1.807, 2.05) is 30.3 Å². The molecule has 0 radical (unpaired) electrons. The number of aromatic nitrogens is 2. The fourth-order valence-electron chi connectivity index (χ4n) is 4.56. The minimum atomic E-state index is -0.890. The minimum Gasteiger partial charge on any atom is -0.493 e. The first-order chi connectivity index (χ1) is 17.7. The predicted octanol–water partition coefficient (Wildman–Crippen LogP) is 2.68. The summed E-state index contributed by atoms with van der Waals surface area (Å²) in [4.78, 5) is 39.8. The first kappa shape index (κ1) is 25.6. The Labute approximate surface area is 213 Å². The number of anilines is 1. The number of nitrogens with zero attached hydrogens (tertiary/aromatic N) is 2. The second kappa shape index (κ2) is 10.3. The van der Waals surface area contributed by atoms with Gasteiger partial charge in [-0.2, -0.15) is 0 Å². The van der Waals surface area contributed by atoms with Crippen molar-refractivity contribution in [1.29, 1.82) is 0 Å². The predicted molar refractivity (Wildman–Crippen MR) is 137 cm³/mol. The lowest BCUT2D eigenvalue weighted by atomic mass is 9.82. The molecule has 2 aromatic carbocycles. The summed E-state index contributed by atoms with van der Waals surface area (Å²) in [5, 5.41) is 3.09. The number of hydrogen-bond acceptors (Lipinski definition) is 8. The molecule has 0 saturated carbocycles. The van der Waals surface area contributed by atoms with E-state index in [-0.39, 0.29) is 17.7 Å². The molecule has 10 nitrogen and oxygen atoms in total. The number of rotatable bonds is 7. The fourth-order valence-corrected chi connectivity index (χ4v) is 4.56. The molecule has 0 spiro atoms. The number of esters is 1. The number of hydrogen-bond donors (Lipinski definition) is 1. The van der Waals surface area contributed by atoms with Gasteiger partial charge in [0.15, 0.2) is 11.5 Å². The average molecular weight is 508 g/mol. The third-order valence-electron chi connectivity index (χ3n) is 6.44. The van der Waals surface area contributed by atoms with Crippen molar-refractivity contribution in [3.05, 3.63) is 91.3 Å². The van der Waals surface area contributed by atoms with Gasteiger partial charge in [-0.3, -0.25) is 13.9 Å². The summed E-state index contributed by atoms with van der Waals surface area (Å²) >= 11 is 0. The van der Waals surface area contributed by atoms with Gasteiger partial charge in [0.2, 0.25) is 5.75 Å². The molecule has 194 valence electrons. The Kier molecular flexibility index (Phi) is 7.10. The maximum atomic E-state index is 13.6. The third kappa shape index (κ3) is 4.46. The molecule has 0 fully saturated rings. The standard InChI is InChI=1S/C27H29N3O7/c1-15-20(26(32)37-14-16-10-8-7-9-11-16)21(17-12-18(34-4)23(36-6)19(13-17)35-5)22-24(28-15)29(2)27(33)30(3)25(22)31/h7-13,21,28H,14H2,1-6H3/t21-/m0/s1. The number of ether oxygens (including phenoxy) is 4. The highest BCUT2D eigenvalue weighted by molar-refractivity contribution is 5.94. The largest absolute Gasteiger partial charge is 0.493 e. The van der Waals surface area contributed by atoms with Crippen molar-refractivity contribution in [3.63, 3.8) is 0 Å². The molecule has 1 atom stereocenters. The van der Waals surface area contributed by atoms with Crippen LogP contribution in [0, 0.1) is 0 Å². The number of fused-ring (bicyclic) bond motifs is 1. The topological polar surface area (TPSA) is 110 Å². The zero-order chi connectivity index (χ0) is 26.9. The van der Waals surface area contributed by atoms with E-state index in [4.69, 9.17) is 18.9 Å². The molecule has 2 heterocycles. The Balaban J connectivity index is 1.95. The van der Waals surface area contributed by atoms with Gasteiger partial charge in [0.25, 0.3) is 5.56 Å². The van der Waals surface area contributed by atoms with Crippen LogP contribution in [0.15, 0.2) is 63.3 Å². The van der Waals surface area contributed by atoms with Gasteiger partial charge < -0.3 is 24.3 Å². The molecule has 1 aromatic heterocycles. The summed E-state index contributed by atoms with van der Waals surface area (Å²) in [6, 6.07) is 12.7. The van der Waals surface area contributed by atoms with E-state index < -0.39 is 23.1 Å². The van der Waals surface area contributed by atoms with Crippen LogP contribution in [0.2, 0.25) is 0 Å². The Morgan fingerprint density at radius 1 is 0.946 bits per heavy atom. The zero-order valence-corrected chi connectivity index (χ0v) is 21.6. The van der Waals surface area contributed by atoms with Crippen LogP contribution in [-0.2, 0) is 30.2 Å². The molecule has 0 bridgehead atoms. The average Bonchev–Trinajstić information content (AvgIpc) is 2.92. The summed E-state index contributed by atoms with van der Waals surface area (Å²) in [5.41, 5.74) is 1.21. The molecule has 0 amide bonds. The van der Waals surface area contributed by atoms with Crippen molar-refractivity contribution < 1.29 is 23.7 Å². The highest BCUT2D eigenvalue weighted by Gasteiger charge is 2.38. The second-order valence-electron chi connectivity index (χ2n) is 8.59. The first-order valence-electron chi connectivity index (χ1n) is 11.5. The van der Waals surface area contributed by atoms with Crippen LogP contribution < -0.4 is 30.8 Å². The highest BCUT2D eigenvalue weighted by atomic mass is 16.5. The number of nitrogens with one attached hydrogen (secondary N) is 1. The number of methoxy groups -OCH3 is 3. The van der Waals surface area contributed by atoms with Crippen LogP contribution in [0.1, 0.15) is 29.5 Å². The van der Waals surface area contributed by atoms with E-state index in [2.05, 4.69) is 5.32 Å². The van der Waals surface area contributed by atoms with Crippen molar-refractivity contribution in [1.82, 2.24) is 9.13 Å². The lowest BCUT2D eigenvalue weighted by Crippen LogP contribution is -2.43. The molecule has 10 heteroatoms. The van der Waals surface area contributed by atoms with Gasteiger partial charge >= 0.3 is 11.7 Å². The van der Waals surface area contributed by atoms with Crippen LogP contribution in [-0.4, -0.2) is 36.4 Å². The maximum absolute atomic E-state index is 13.6. The molecule has 1 aliphatic rings. The third-order valence-corrected chi connectivity index (χ3v) is 6.44. The van der Waals surface area contributed by atoms with Gasteiger partial charge in [-0.25, -0.2) is 9.59 Å². The van der Waals surface area contributed by atoms with Crippen molar-refractivity contribution in [2.24, 2.45) is 14.1 Å². The zero-order valence-electron chi connectivity index (χ0n) is 21.6. The summed E-state index contributed by atoms with van der Waals surface area (Å²) in [6.07, 6.45) is 0. The van der Waals surface area contributed by atoms with Gasteiger partial charge in [-0.15, -0.1) is 0 Å². The highest BCUT2D eigenvalue weighted by Crippen LogP contribution is 2.46. The van der Waals surface area contributed by atoms with Gasteiger partial charge in [0.1, 0.15) is 12.4 Å². The quantitative estimate of drug-likeness (QED) is 0.486. The summed E-state index contributed by atoms with van der Waals surface area (Å²) < 4.78 is 24.6. The summed E-state index contributed by atoms with van der Waals surface area (Å²) in [7, 11) is 7.41. The Bertz CT molecular complexity index is 1480. The molecular weight excluding hydrogens is 478 g/mol. The van der Waals surface area contributed by atoms with Crippen LogP contribution in [0.5, 0.6) is 17.2 Å². The van der Waals surface area contributed by atoms with E-state index in [1.54, 1.807) is 26.1 Å². The molecule has 4 rings (SSSR count). The van der Waals surface area contributed by atoms with E-state index in [1.165, 1.54) is 32.9 Å². The lowest BCUT2D eigenvalue weighted by Gasteiger charge is -2.31. The summed E-state index contributed by atoms with van der Waals surface area (Å²) in [6.45, 7) is 1.76. The lowest BCUT2D eigenvalue weighted by molar-refractivity contribution is -0.140. The Hall–Kier alpha value is -4.47.